The Morgan fingerprint density at radius 3 is 1.78 bits per heavy atom. The molecule has 0 nitrogen and oxygen atoms in total. The average molecular weight is 181 g/mol. The van der Waals surface area contributed by atoms with Crippen molar-refractivity contribution in [3.05, 3.63) is 11.0 Å². The smallest absolute Gasteiger partial charge is 0.227 e. The summed E-state index contributed by atoms with van der Waals surface area (Å²) in [4.78, 5) is 1.92. The van der Waals surface area contributed by atoms with Crippen molar-refractivity contribution in [3.63, 3.8) is 0 Å². The largest absolute Gasteiger partial charge is 0.548 e. The van der Waals surface area contributed by atoms with Crippen molar-refractivity contribution in [2.75, 3.05) is 0 Å². The highest BCUT2D eigenvalue weighted by molar-refractivity contribution is 7.36. The maximum Gasteiger partial charge on any atom is 0.548 e. The summed E-state index contributed by atoms with van der Waals surface area (Å²) < 4.78 is 0. The molecule has 0 saturated heterocycles. The lowest BCUT2D eigenvalue weighted by molar-refractivity contribution is 0.545. The van der Waals surface area contributed by atoms with Crippen LogP contribution in [0.15, 0.2) is 11.0 Å². The van der Waals surface area contributed by atoms with Crippen molar-refractivity contribution in [2.24, 2.45) is 5.41 Å². The van der Waals surface area contributed by atoms with Gasteiger partial charge in [0.1, 0.15) is 0 Å². The van der Waals surface area contributed by atoms with Gasteiger partial charge in [-0.1, -0.05) is 26.8 Å². The highest BCUT2D eigenvalue weighted by Gasteiger charge is 2.08. The zero-order valence-electron chi connectivity index (χ0n) is 5.99. The lowest BCUT2D eigenvalue weighted by atomic mass is 9.98. The summed E-state index contributed by atoms with van der Waals surface area (Å²) in [6.45, 7) is 6.36. The Hall–Kier alpha value is 0.852. The highest BCUT2D eigenvalue weighted by atomic mass is 35.7. The summed E-state index contributed by atoms with van der Waals surface area (Å²) in [6.07, 6.45) is 2.06. The molecule has 0 saturated carbocycles. The summed E-state index contributed by atoms with van der Waals surface area (Å²) in [5.74, 6) is 0. The van der Waals surface area contributed by atoms with Gasteiger partial charge in [-0.2, -0.15) is 0 Å². The fourth-order valence-electron chi connectivity index (χ4n) is 0.361. The van der Waals surface area contributed by atoms with E-state index in [1.807, 2.05) is 4.94 Å². The Bertz CT molecular complexity index is 102. The number of rotatable bonds is 1. The molecule has 0 unspecified atom stereocenters. The standard InChI is InChI=1S/C6H11.Al.2ClH/c1-5-6(2,3)4;;;/h1,5H,2-4H3;;2*1H/q;+2;;/p-2. The van der Waals surface area contributed by atoms with Gasteiger partial charge in [0.05, 0.1) is 0 Å². The van der Waals surface area contributed by atoms with Crippen LogP contribution in [-0.2, 0) is 0 Å². The number of halogens is 2. The van der Waals surface area contributed by atoms with Gasteiger partial charge in [-0.05, 0) is 5.41 Å². The van der Waals surface area contributed by atoms with Crippen LogP contribution in [-0.4, -0.2) is 12.3 Å². The van der Waals surface area contributed by atoms with Crippen molar-refractivity contribution in [1.29, 1.82) is 0 Å². The van der Waals surface area contributed by atoms with Gasteiger partial charge in [-0.15, -0.1) is 4.94 Å². The topological polar surface area (TPSA) is 0 Å². The molecular weight excluding hydrogens is 170 g/mol. The van der Waals surface area contributed by atoms with Crippen LogP contribution < -0.4 is 0 Å². The molecule has 0 rings (SSSR count). The van der Waals surface area contributed by atoms with E-state index in [-0.39, 0.29) is 5.41 Å². The van der Waals surface area contributed by atoms with Crippen LogP contribution >= 0.6 is 20.1 Å². The SMILES string of the molecule is CC(C)(C)/C=[CH]/[Al]([Cl])[Cl]. The van der Waals surface area contributed by atoms with Crippen molar-refractivity contribution >= 4 is 32.4 Å². The molecule has 3 heteroatoms. The molecule has 52 valence electrons. The van der Waals surface area contributed by atoms with Crippen molar-refractivity contribution in [1.82, 2.24) is 0 Å². The first kappa shape index (κ1) is 9.85. The van der Waals surface area contributed by atoms with Gasteiger partial charge in [0.15, 0.2) is 0 Å². The minimum absolute atomic E-state index is 0.217. The monoisotopic (exact) mass is 180 g/mol. The van der Waals surface area contributed by atoms with Gasteiger partial charge in [-0.25, -0.2) is 20.1 Å². The second kappa shape index (κ2) is 3.89. The van der Waals surface area contributed by atoms with Crippen LogP contribution in [0.4, 0.5) is 0 Å². The van der Waals surface area contributed by atoms with Crippen molar-refractivity contribution < 1.29 is 0 Å². The maximum absolute atomic E-state index is 5.60. The number of hydrogen-bond donors (Lipinski definition) is 0. The van der Waals surface area contributed by atoms with Crippen LogP contribution in [0.2, 0.25) is 0 Å². The van der Waals surface area contributed by atoms with E-state index in [0.29, 0.717) is 0 Å². The Labute approximate surface area is 69.6 Å². The Morgan fingerprint density at radius 2 is 1.67 bits per heavy atom. The fourth-order valence-corrected chi connectivity index (χ4v) is 1.52. The van der Waals surface area contributed by atoms with Gasteiger partial charge in [0, 0.05) is 0 Å². The van der Waals surface area contributed by atoms with Gasteiger partial charge >= 0.3 is 12.3 Å². The number of hydrogen-bond acceptors (Lipinski definition) is 0. The third kappa shape index (κ3) is 8.85. The quantitative estimate of drug-likeness (QED) is 0.545. The maximum atomic E-state index is 5.60. The van der Waals surface area contributed by atoms with Crippen LogP contribution in [0.3, 0.4) is 0 Å². The first-order chi connectivity index (χ1) is 3.92. The molecule has 0 amide bonds. The molecule has 0 aromatic heterocycles. The normalized spacial score (nSPS) is 12.6. The summed E-state index contributed by atoms with van der Waals surface area (Å²) in [6, 6.07) is 0. The second-order valence-corrected chi connectivity index (χ2v) is 7.60. The molecule has 0 bridgehead atoms. The second-order valence-electron chi connectivity index (χ2n) is 3.06. The van der Waals surface area contributed by atoms with Gasteiger partial charge in [0.2, 0.25) is 0 Å². The van der Waals surface area contributed by atoms with Gasteiger partial charge in [0.25, 0.3) is 0 Å². The molecule has 0 aliphatic heterocycles. The van der Waals surface area contributed by atoms with Crippen molar-refractivity contribution in [3.8, 4) is 0 Å². The lowest BCUT2D eigenvalue weighted by Crippen LogP contribution is -2.00. The van der Waals surface area contributed by atoms with Crippen LogP contribution in [0.1, 0.15) is 20.8 Å². The molecule has 0 radical (unpaired) electrons. The zero-order chi connectivity index (χ0) is 7.49. The molecule has 9 heavy (non-hydrogen) atoms. The third-order valence-electron chi connectivity index (χ3n) is 0.742. The van der Waals surface area contributed by atoms with Crippen LogP contribution in [0.25, 0.3) is 0 Å². The molecule has 0 aliphatic carbocycles. The molecule has 0 heterocycles. The molecule has 0 aromatic carbocycles. The van der Waals surface area contributed by atoms with E-state index in [0.717, 1.165) is 0 Å². The third-order valence-corrected chi connectivity index (χ3v) is 2.10. The summed E-state index contributed by atoms with van der Waals surface area (Å²) in [5.41, 5.74) is 0.217. The molecular formula is C6H11AlCl2. The molecule has 0 fully saturated rings. The van der Waals surface area contributed by atoms with Crippen LogP contribution in [0, 0.1) is 5.41 Å². The van der Waals surface area contributed by atoms with E-state index in [4.69, 9.17) is 20.1 Å². The Kier molecular flexibility index (Phi) is 4.25. The highest BCUT2D eigenvalue weighted by Crippen LogP contribution is 2.15. The van der Waals surface area contributed by atoms with Crippen molar-refractivity contribution in [2.45, 2.75) is 20.8 Å². The molecule has 0 atom stereocenters. The van der Waals surface area contributed by atoms with E-state index in [2.05, 4.69) is 26.8 Å². The average Bonchev–Trinajstić information content (AvgIpc) is 1.59. The summed E-state index contributed by atoms with van der Waals surface area (Å²) >= 11 is -1.51. The molecule has 0 aliphatic rings. The molecule has 0 spiro atoms. The van der Waals surface area contributed by atoms with E-state index in [1.54, 1.807) is 0 Å². The minimum Gasteiger partial charge on any atom is -0.227 e. The van der Waals surface area contributed by atoms with E-state index in [9.17, 15) is 0 Å². The van der Waals surface area contributed by atoms with E-state index >= 15 is 0 Å². The summed E-state index contributed by atoms with van der Waals surface area (Å²) in [5, 5.41) is 0. The van der Waals surface area contributed by atoms with Crippen LogP contribution in [0.5, 0.6) is 0 Å². The first-order valence-corrected chi connectivity index (χ1v) is 7.05. The zero-order valence-corrected chi connectivity index (χ0v) is 8.65. The first-order valence-electron chi connectivity index (χ1n) is 2.89. The molecule has 0 N–H and O–H groups in total. The minimum atomic E-state index is -1.51. The summed E-state index contributed by atoms with van der Waals surface area (Å²) in [7, 11) is 11.2. The lowest BCUT2D eigenvalue weighted by Gasteiger charge is -2.10. The predicted octanol–water partition coefficient (Wildman–Crippen LogP) is 3.09. The predicted molar refractivity (Wildman–Crippen MR) is 46.1 cm³/mol. The number of allylic oxidation sites excluding steroid dienone is 1. The van der Waals surface area contributed by atoms with Gasteiger partial charge in [-0.3, -0.25) is 0 Å². The Morgan fingerprint density at radius 1 is 1.22 bits per heavy atom. The molecule has 0 aromatic rings. The van der Waals surface area contributed by atoms with E-state index < -0.39 is 12.3 Å². The Balaban J connectivity index is 3.71. The van der Waals surface area contributed by atoms with Gasteiger partial charge < -0.3 is 0 Å². The fraction of sp³-hybridized carbons (Fsp3) is 0.667. The van der Waals surface area contributed by atoms with E-state index in [1.165, 1.54) is 0 Å².